The van der Waals surface area contributed by atoms with Crippen LogP contribution in [0.3, 0.4) is 0 Å². The van der Waals surface area contributed by atoms with E-state index in [2.05, 4.69) is 10.3 Å². The maximum Gasteiger partial charge on any atom is 0.327 e. The van der Waals surface area contributed by atoms with Crippen LogP contribution in [0.1, 0.15) is 50.0 Å². The van der Waals surface area contributed by atoms with E-state index in [0.29, 0.717) is 37.0 Å². The number of nitrogens with zero attached hydrogens (tertiary/aromatic N) is 2. The van der Waals surface area contributed by atoms with E-state index in [9.17, 15) is 14.7 Å². The zero-order valence-corrected chi connectivity index (χ0v) is 23.2. The lowest BCUT2D eigenvalue weighted by Crippen LogP contribution is -2.49. The summed E-state index contributed by atoms with van der Waals surface area (Å²) in [7, 11) is 0. The molecule has 1 fully saturated rings. The van der Waals surface area contributed by atoms with Gasteiger partial charge in [-0.05, 0) is 54.8 Å². The van der Waals surface area contributed by atoms with E-state index >= 15 is 0 Å². The Morgan fingerprint density at radius 1 is 0.951 bits per heavy atom. The minimum atomic E-state index is -1.01. The molecule has 214 valence electrons. The number of para-hydroxylation sites is 3. The molecule has 2 N–H and O–H groups in total. The van der Waals surface area contributed by atoms with E-state index in [-0.39, 0.29) is 18.2 Å². The first kappa shape index (κ1) is 28.4. The summed E-state index contributed by atoms with van der Waals surface area (Å²) in [5.74, 6) is 0.0767. The van der Waals surface area contributed by atoms with Crippen molar-refractivity contribution in [3.8, 4) is 5.75 Å². The predicted molar refractivity (Wildman–Crippen MR) is 158 cm³/mol. The number of aliphatic carboxylic acids is 1. The fourth-order valence-corrected chi connectivity index (χ4v) is 5.44. The van der Waals surface area contributed by atoms with Crippen LogP contribution in [-0.4, -0.2) is 41.2 Å². The van der Waals surface area contributed by atoms with E-state index < -0.39 is 12.0 Å². The molecule has 0 spiro atoms. The molecule has 5 rings (SSSR count). The van der Waals surface area contributed by atoms with E-state index in [1.807, 2.05) is 78.9 Å². The molecule has 3 aromatic carbocycles. The topological polar surface area (TPSA) is 105 Å². The second-order valence-corrected chi connectivity index (χ2v) is 10.5. The van der Waals surface area contributed by atoms with Crippen molar-refractivity contribution in [1.29, 1.82) is 0 Å². The Bertz CT molecular complexity index is 1380. The highest BCUT2D eigenvalue weighted by Gasteiger charge is 2.35. The molecule has 0 bridgehead atoms. The molecule has 4 aromatic rings. The van der Waals surface area contributed by atoms with Crippen molar-refractivity contribution in [2.75, 3.05) is 18.1 Å². The first-order valence-electron chi connectivity index (χ1n) is 14.5. The fourth-order valence-electron chi connectivity index (χ4n) is 5.44. The van der Waals surface area contributed by atoms with Crippen LogP contribution in [0.4, 0.5) is 5.69 Å². The van der Waals surface area contributed by atoms with Gasteiger partial charge in [0.25, 0.3) is 0 Å². The minimum Gasteiger partial charge on any atom is -0.492 e. The maximum atomic E-state index is 13.8. The molecule has 0 saturated heterocycles. The second kappa shape index (κ2) is 13.9. The lowest BCUT2D eigenvalue weighted by atomic mass is 9.95. The number of carbonyl (C=O) groups excluding carboxylic acids is 1. The number of fused-ring (bicyclic) bond motifs is 1. The summed E-state index contributed by atoms with van der Waals surface area (Å²) >= 11 is 0. The highest BCUT2D eigenvalue weighted by Crippen LogP contribution is 2.29. The monoisotopic (exact) mass is 555 g/mol. The Balaban J connectivity index is 1.18. The summed E-state index contributed by atoms with van der Waals surface area (Å²) in [5.41, 5.74) is 3.06. The quantitative estimate of drug-likeness (QED) is 0.163. The average Bonchev–Trinajstić information content (AvgIpc) is 3.21. The smallest absolute Gasteiger partial charge is 0.327 e. The van der Waals surface area contributed by atoms with E-state index in [1.165, 1.54) is 4.90 Å². The van der Waals surface area contributed by atoms with Gasteiger partial charge in [0, 0.05) is 24.6 Å². The predicted octanol–water partition coefficient (Wildman–Crippen LogP) is 6.00. The van der Waals surface area contributed by atoms with Gasteiger partial charge in [-0.15, -0.1) is 0 Å². The molecular weight excluding hydrogens is 518 g/mol. The lowest BCUT2D eigenvalue weighted by Gasteiger charge is -2.32. The number of hydrogen-bond acceptors (Lipinski definition) is 6. The van der Waals surface area contributed by atoms with E-state index in [4.69, 9.17) is 9.15 Å². The number of hydrogen-bond donors (Lipinski definition) is 2. The molecule has 1 heterocycles. The van der Waals surface area contributed by atoms with Crippen LogP contribution in [0.2, 0.25) is 0 Å². The van der Waals surface area contributed by atoms with Gasteiger partial charge < -0.3 is 19.6 Å². The first-order valence-corrected chi connectivity index (χ1v) is 14.5. The van der Waals surface area contributed by atoms with Gasteiger partial charge in [0.15, 0.2) is 5.58 Å². The van der Waals surface area contributed by atoms with Gasteiger partial charge in [0.05, 0.1) is 6.54 Å². The highest BCUT2D eigenvalue weighted by molar-refractivity contribution is 6.00. The number of nitrogens with one attached hydrogen (secondary N) is 1. The van der Waals surface area contributed by atoms with E-state index in [0.717, 1.165) is 55.2 Å². The maximum absolute atomic E-state index is 13.8. The summed E-state index contributed by atoms with van der Waals surface area (Å²) in [6.45, 7) is 1.57. The van der Waals surface area contributed by atoms with Gasteiger partial charge in [-0.3, -0.25) is 9.69 Å². The fraction of sp³-hybridized carbons (Fsp3) is 0.364. The molecule has 1 unspecified atom stereocenters. The van der Waals surface area contributed by atoms with Crippen LogP contribution in [-0.2, 0) is 22.6 Å². The summed E-state index contributed by atoms with van der Waals surface area (Å²) in [5, 5.41) is 13.5. The van der Waals surface area contributed by atoms with Crippen molar-refractivity contribution in [3.05, 3.63) is 90.3 Å². The second-order valence-electron chi connectivity index (χ2n) is 10.5. The molecule has 1 aliphatic carbocycles. The Morgan fingerprint density at radius 2 is 1.66 bits per heavy atom. The molecule has 8 nitrogen and oxygen atoms in total. The van der Waals surface area contributed by atoms with Crippen LogP contribution in [0.25, 0.3) is 11.1 Å². The van der Waals surface area contributed by atoms with Crippen molar-refractivity contribution in [2.45, 2.75) is 57.5 Å². The molecule has 1 saturated carbocycles. The van der Waals surface area contributed by atoms with Gasteiger partial charge in [-0.2, -0.15) is 0 Å². The Kier molecular flexibility index (Phi) is 9.65. The molecule has 0 aliphatic heterocycles. The van der Waals surface area contributed by atoms with Crippen LogP contribution in [0, 0.1) is 5.92 Å². The number of ether oxygens (including phenoxy) is 1. The Hall–Kier alpha value is -4.17. The number of oxazole rings is 1. The third-order valence-electron chi connectivity index (χ3n) is 7.59. The van der Waals surface area contributed by atoms with Gasteiger partial charge >= 0.3 is 5.97 Å². The number of benzene rings is 3. The number of rotatable bonds is 12. The van der Waals surface area contributed by atoms with Crippen LogP contribution in [0.15, 0.2) is 83.3 Å². The highest BCUT2D eigenvalue weighted by atomic mass is 16.5. The van der Waals surface area contributed by atoms with Gasteiger partial charge in [-0.25, -0.2) is 9.78 Å². The molecule has 41 heavy (non-hydrogen) atoms. The Labute approximate surface area is 240 Å². The lowest BCUT2D eigenvalue weighted by molar-refractivity contribution is -0.140. The van der Waals surface area contributed by atoms with Crippen LogP contribution < -0.4 is 15.0 Å². The Morgan fingerprint density at radius 3 is 2.37 bits per heavy atom. The third-order valence-corrected chi connectivity index (χ3v) is 7.59. The summed E-state index contributed by atoms with van der Waals surface area (Å²) in [6.07, 6.45) is 6.08. The van der Waals surface area contributed by atoms with Crippen molar-refractivity contribution in [2.24, 2.45) is 5.92 Å². The molecular formula is C33H37N3O5. The first-order chi connectivity index (χ1) is 20.1. The zero-order chi connectivity index (χ0) is 28.4. The van der Waals surface area contributed by atoms with Crippen molar-refractivity contribution in [3.63, 3.8) is 0 Å². The summed E-state index contributed by atoms with van der Waals surface area (Å²) in [4.78, 5) is 32.3. The van der Waals surface area contributed by atoms with Crippen molar-refractivity contribution in [1.82, 2.24) is 10.3 Å². The number of carboxylic acids is 1. The van der Waals surface area contributed by atoms with Gasteiger partial charge in [-0.1, -0.05) is 68.1 Å². The number of aromatic nitrogens is 1. The molecule has 1 aromatic heterocycles. The number of carbonyl (C=O) groups is 2. The third kappa shape index (κ3) is 7.52. The largest absolute Gasteiger partial charge is 0.492 e. The molecule has 1 atom stereocenters. The summed E-state index contributed by atoms with van der Waals surface area (Å²) < 4.78 is 11.6. The molecule has 1 aliphatic rings. The van der Waals surface area contributed by atoms with Gasteiger partial charge in [0.2, 0.25) is 11.8 Å². The number of carboxylic acid groups (broad SMARTS) is 1. The van der Waals surface area contributed by atoms with Crippen molar-refractivity contribution < 1.29 is 23.8 Å². The molecule has 0 radical (unpaired) electrons. The average molecular weight is 556 g/mol. The minimum absolute atomic E-state index is 0.0872. The number of anilines is 1. The SMILES string of the molecule is O=C(O)C(Cc1ccc(OCCNCc2nc3ccccc3o2)cc1)N(C(=O)C1CCCCCC1)c1ccccc1. The summed E-state index contributed by atoms with van der Waals surface area (Å²) in [6, 6.07) is 23.3. The van der Waals surface area contributed by atoms with Crippen LogP contribution in [0.5, 0.6) is 5.75 Å². The number of amides is 1. The standard InChI is InChI=1S/C33H37N3O5/c37-32(25-10-4-1-2-5-11-25)36(26-12-6-3-7-13-26)29(33(38)39)22-24-16-18-27(19-17-24)40-21-20-34-23-31-35-28-14-8-9-15-30(28)41-31/h3,6-9,12-19,25,29,34H,1-2,4-5,10-11,20-23H2,(H,38,39). The van der Waals surface area contributed by atoms with Gasteiger partial charge in [0.1, 0.15) is 23.9 Å². The van der Waals surface area contributed by atoms with E-state index in [1.54, 1.807) is 0 Å². The molecule has 1 amide bonds. The molecule has 8 heteroatoms. The van der Waals surface area contributed by atoms with Crippen molar-refractivity contribution >= 4 is 28.7 Å². The normalized spacial score (nSPS) is 14.8. The van der Waals surface area contributed by atoms with Crippen LogP contribution >= 0.6 is 0 Å². The zero-order valence-electron chi connectivity index (χ0n) is 23.2.